The van der Waals surface area contributed by atoms with Crippen molar-refractivity contribution >= 4 is 38.8 Å². The first-order chi connectivity index (χ1) is 14.2. The number of hydrogen-bond acceptors (Lipinski definition) is 5. The van der Waals surface area contributed by atoms with Gasteiger partial charge in [-0.05, 0) is 55.9 Å². The van der Waals surface area contributed by atoms with Crippen LogP contribution in [0, 0.1) is 0 Å². The predicted octanol–water partition coefficient (Wildman–Crippen LogP) is 5.58. The van der Waals surface area contributed by atoms with Gasteiger partial charge >= 0.3 is 0 Å². The highest BCUT2D eigenvalue weighted by Crippen LogP contribution is 2.35. The number of hydrogen-bond donors (Lipinski definition) is 2. The van der Waals surface area contributed by atoms with Crippen LogP contribution in [-0.4, -0.2) is 17.5 Å². The van der Waals surface area contributed by atoms with Crippen LogP contribution in [0.3, 0.4) is 0 Å². The molecule has 4 rings (SSSR count). The number of unbranched alkanes of at least 4 members (excludes halogenated alkanes) is 1. The van der Waals surface area contributed by atoms with Gasteiger partial charge in [-0.25, -0.2) is 4.98 Å². The molecule has 3 N–H and O–H groups in total. The molecule has 0 radical (unpaired) electrons. The van der Waals surface area contributed by atoms with Gasteiger partial charge in [-0.1, -0.05) is 25.8 Å². The molecule has 0 aliphatic heterocycles. The number of carbonyl (C=O) groups excluding carboxylic acids is 1. The summed E-state index contributed by atoms with van der Waals surface area (Å²) in [5.41, 5.74) is 10.0. The maximum atomic E-state index is 12.9. The lowest BCUT2D eigenvalue weighted by molar-refractivity contribution is 0.103. The highest BCUT2D eigenvalue weighted by molar-refractivity contribution is 7.21. The van der Waals surface area contributed by atoms with Gasteiger partial charge in [0.05, 0.1) is 12.3 Å². The zero-order chi connectivity index (χ0) is 20.2. The number of anilines is 2. The fourth-order valence-corrected chi connectivity index (χ4v) is 4.68. The van der Waals surface area contributed by atoms with Gasteiger partial charge in [0.2, 0.25) is 0 Å². The molecule has 0 spiro atoms. The van der Waals surface area contributed by atoms with Crippen LogP contribution in [0.15, 0.2) is 30.3 Å². The monoisotopic (exact) mass is 409 g/mol. The molecule has 1 aromatic carbocycles. The summed E-state index contributed by atoms with van der Waals surface area (Å²) in [5.74, 6) is 0.553. The fraction of sp³-hybridized carbons (Fsp3) is 0.391. The van der Waals surface area contributed by atoms with Crippen LogP contribution in [0.5, 0.6) is 5.75 Å². The third kappa shape index (κ3) is 4.37. The molecule has 0 fully saturated rings. The molecule has 1 amide bonds. The van der Waals surface area contributed by atoms with E-state index >= 15 is 0 Å². The Hall–Kier alpha value is -2.60. The van der Waals surface area contributed by atoms with Crippen molar-refractivity contribution in [1.82, 2.24) is 4.98 Å². The Morgan fingerprint density at radius 3 is 2.97 bits per heavy atom. The van der Waals surface area contributed by atoms with Crippen molar-refractivity contribution in [2.75, 3.05) is 17.7 Å². The van der Waals surface area contributed by atoms with Crippen LogP contribution in [0.1, 0.15) is 60.0 Å². The number of nitrogens with zero attached hydrogens (tertiary/aromatic N) is 1. The van der Waals surface area contributed by atoms with Gasteiger partial charge in [-0.3, -0.25) is 4.79 Å². The van der Waals surface area contributed by atoms with E-state index in [1.54, 1.807) is 0 Å². The third-order valence-corrected chi connectivity index (χ3v) is 6.43. The number of ether oxygens (including phenoxy) is 1. The van der Waals surface area contributed by atoms with E-state index in [1.807, 2.05) is 24.3 Å². The molecule has 5 nitrogen and oxygen atoms in total. The molecular weight excluding hydrogens is 382 g/mol. The van der Waals surface area contributed by atoms with E-state index in [0.29, 0.717) is 22.9 Å². The van der Waals surface area contributed by atoms with Crippen LogP contribution < -0.4 is 15.8 Å². The van der Waals surface area contributed by atoms with Crippen molar-refractivity contribution in [2.24, 2.45) is 0 Å². The van der Waals surface area contributed by atoms with Gasteiger partial charge in [0.15, 0.2) is 0 Å². The van der Waals surface area contributed by atoms with E-state index < -0.39 is 0 Å². The Morgan fingerprint density at radius 1 is 1.24 bits per heavy atom. The molecule has 0 atom stereocenters. The number of nitrogen functional groups attached to an aromatic ring is 1. The highest BCUT2D eigenvalue weighted by atomic mass is 32.1. The lowest BCUT2D eigenvalue weighted by Crippen LogP contribution is -2.12. The van der Waals surface area contributed by atoms with Crippen molar-refractivity contribution in [3.05, 3.63) is 46.5 Å². The van der Waals surface area contributed by atoms with E-state index in [4.69, 9.17) is 15.5 Å². The molecule has 3 aromatic rings. The largest absolute Gasteiger partial charge is 0.494 e. The fourth-order valence-electron chi connectivity index (χ4n) is 3.69. The van der Waals surface area contributed by atoms with Crippen LogP contribution in [0.4, 0.5) is 11.4 Å². The Balaban J connectivity index is 1.56. The summed E-state index contributed by atoms with van der Waals surface area (Å²) in [7, 11) is 0. The Morgan fingerprint density at radius 2 is 2.10 bits per heavy atom. The molecule has 0 bridgehead atoms. The van der Waals surface area contributed by atoms with E-state index in [0.717, 1.165) is 41.6 Å². The SMILES string of the molecule is CCCCOc1cccc(NC(=O)c2sc3nc4c(cc3c2N)CCCCC4)c1. The number of nitrogens with two attached hydrogens (primary N) is 1. The minimum atomic E-state index is -0.202. The second-order valence-electron chi connectivity index (χ2n) is 7.54. The van der Waals surface area contributed by atoms with Crippen molar-refractivity contribution in [2.45, 2.75) is 51.9 Å². The van der Waals surface area contributed by atoms with Crippen molar-refractivity contribution in [1.29, 1.82) is 0 Å². The van der Waals surface area contributed by atoms with Crippen molar-refractivity contribution in [3.63, 3.8) is 0 Å². The summed E-state index contributed by atoms with van der Waals surface area (Å²) >= 11 is 1.37. The van der Waals surface area contributed by atoms with E-state index in [-0.39, 0.29) is 5.91 Å². The number of aromatic nitrogens is 1. The number of fused-ring (bicyclic) bond motifs is 2. The summed E-state index contributed by atoms with van der Waals surface area (Å²) in [5, 5.41) is 3.85. The van der Waals surface area contributed by atoms with Crippen LogP contribution >= 0.6 is 11.3 Å². The second-order valence-corrected chi connectivity index (χ2v) is 8.54. The van der Waals surface area contributed by atoms with Crippen LogP contribution in [0.2, 0.25) is 0 Å². The first-order valence-corrected chi connectivity index (χ1v) is 11.2. The average Bonchev–Trinajstić information content (AvgIpc) is 2.88. The summed E-state index contributed by atoms with van der Waals surface area (Å²) < 4.78 is 5.73. The van der Waals surface area contributed by atoms with Crippen LogP contribution in [-0.2, 0) is 12.8 Å². The van der Waals surface area contributed by atoms with Crippen LogP contribution in [0.25, 0.3) is 10.2 Å². The van der Waals surface area contributed by atoms with E-state index in [2.05, 4.69) is 18.3 Å². The maximum Gasteiger partial charge on any atom is 0.267 e. The topological polar surface area (TPSA) is 77.2 Å². The Bertz CT molecular complexity index is 1030. The highest BCUT2D eigenvalue weighted by Gasteiger charge is 2.20. The first kappa shape index (κ1) is 19.7. The molecular formula is C23H27N3O2S. The van der Waals surface area contributed by atoms with Gasteiger partial charge in [0.1, 0.15) is 15.5 Å². The number of nitrogens with one attached hydrogen (secondary N) is 1. The normalized spacial score (nSPS) is 13.7. The molecule has 152 valence electrons. The summed E-state index contributed by atoms with van der Waals surface area (Å²) in [6.07, 6.45) is 7.75. The van der Waals surface area contributed by atoms with Gasteiger partial charge in [0, 0.05) is 22.8 Å². The zero-order valence-electron chi connectivity index (χ0n) is 16.8. The van der Waals surface area contributed by atoms with Gasteiger partial charge in [-0.15, -0.1) is 11.3 Å². The average molecular weight is 410 g/mol. The molecule has 29 heavy (non-hydrogen) atoms. The smallest absolute Gasteiger partial charge is 0.267 e. The molecule has 6 heteroatoms. The summed E-state index contributed by atoms with van der Waals surface area (Å²) in [4.78, 5) is 19.1. The zero-order valence-corrected chi connectivity index (χ0v) is 17.6. The van der Waals surface area contributed by atoms with Crippen molar-refractivity contribution < 1.29 is 9.53 Å². The lowest BCUT2D eigenvalue weighted by atomic mass is 10.1. The quantitative estimate of drug-likeness (QED) is 0.412. The molecule has 2 aromatic heterocycles. The number of rotatable bonds is 6. The standard InChI is InChI=1S/C23H27N3O2S/c1-2-3-12-28-17-10-7-9-16(14-17)25-22(27)21-20(24)18-13-15-8-5-4-6-11-19(15)26-23(18)29-21/h7,9-10,13-14H,2-6,8,11-12,24H2,1H3,(H,25,27). The molecule has 1 aliphatic carbocycles. The number of aryl methyl sites for hydroxylation is 2. The minimum absolute atomic E-state index is 0.202. The minimum Gasteiger partial charge on any atom is -0.494 e. The molecule has 0 unspecified atom stereocenters. The molecule has 0 saturated carbocycles. The second kappa shape index (κ2) is 8.82. The predicted molar refractivity (Wildman–Crippen MR) is 120 cm³/mol. The van der Waals surface area contributed by atoms with Gasteiger partial charge < -0.3 is 15.8 Å². The van der Waals surface area contributed by atoms with E-state index in [9.17, 15) is 4.79 Å². The van der Waals surface area contributed by atoms with Gasteiger partial charge in [-0.2, -0.15) is 0 Å². The maximum absolute atomic E-state index is 12.9. The van der Waals surface area contributed by atoms with E-state index in [1.165, 1.54) is 41.9 Å². The molecule has 2 heterocycles. The lowest BCUT2D eigenvalue weighted by Gasteiger charge is -2.08. The number of carbonyl (C=O) groups is 1. The number of benzene rings is 1. The third-order valence-electron chi connectivity index (χ3n) is 5.31. The number of thiophene rings is 1. The number of pyridine rings is 1. The Kier molecular flexibility index (Phi) is 6.00. The number of amides is 1. The molecule has 0 saturated heterocycles. The summed E-state index contributed by atoms with van der Waals surface area (Å²) in [6.45, 7) is 2.80. The summed E-state index contributed by atoms with van der Waals surface area (Å²) in [6, 6.07) is 9.62. The van der Waals surface area contributed by atoms with Crippen molar-refractivity contribution in [3.8, 4) is 5.75 Å². The first-order valence-electron chi connectivity index (χ1n) is 10.4. The Labute approximate surface area is 175 Å². The molecule has 1 aliphatic rings. The van der Waals surface area contributed by atoms with Gasteiger partial charge in [0.25, 0.3) is 5.91 Å².